The Labute approximate surface area is 138 Å². The van der Waals surface area contributed by atoms with Gasteiger partial charge in [-0.25, -0.2) is 13.1 Å². The molecule has 0 fully saturated rings. The van der Waals surface area contributed by atoms with Gasteiger partial charge < -0.3 is 5.11 Å². The summed E-state index contributed by atoms with van der Waals surface area (Å²) in [6, 6.07) is 6.83. The molecule has 4 nitrogen and oxygen atoms in total. The van der Waals surface area contributed by atoms with Crippen molar-refractivity contribution in [3.05, 3.63) is 40.8 Å². The Hall–Kier alpha value is -0.820. The highest BCUT2D eigenvalue weighted by Crippen LogP contribution is 2.16. The molecule has 22 heavy (non-hydrogen) atoms. The van der Waals surface area contributed by atoms with Crippen molar-refractivity contribution < 1.29 is 13.5 Å². The number of aryl methyl sites for hydroxylation is 1. The lowest BCUT2D eigenvalue weighted by Gasteiger charge is -2.09. The van der Waals surface area contributed by atoms with E-state index in [0.29, 0.717) is 11.4 Å². The number of aliphatic hydroxyl groups is 1. The summed E-state index contributed by atoms with van der Waals surface area (Å²) < 4.78 is 26.9. The first-order valence-corrected chi connectivity index (χ1v) is 10.1. The summed E-state index contributed by atoms with van der Waals surface area (Å²) in [4.78, 5) is 0.304. The molecule has 0 bridgehead atoms. The Balaban J connectivity index is 2.45. The number of nitrogens with one attached hydrogen (secondary N) is 1. The van der Waals surface area contributed by atoms with E-state index in [-0.39, 0.29) is 6.61 Å². The molecule has 0 saturated heterocycles. The van der Waals surface area contributed by atoms with Crippen LogP contribution in [-0.4, -0.2) is 32.9 Å². The third-order valence-electron chi connectivity index (χ3n) is 3.24. The van der Waals surface area contributed by atoms with Gasteiger partial charge in [0.15, 0.2) is 0 Å². The Morgan fingerprint density at radius 1 is 1.23 bits per heavy atom. The van der Waals surface area contributed by atoms with Gasteiger partial charge in [-0.15, -0.1) is 11.8 Å². The molecule has 0 radical (unpaired) electrons. The Bertz CT molecular complexity index is 566. The average Bonchev–Trinajstić information content (AvgIpc) is 2.49. The summed E-state index contributed by atoms with van der Waals surface area (Å²) >= 11 is 1.64. The third kappa shape index (κ3) is 6.96. The zero-order valence-electron chi connectivity index (χ0n) is 13.2. The number of hydrogen-bond acceptors (Lipinski definition) is 4. The standard InChI is InChI=1S/C16H25NO3S2/c1-14-7-9-16(10-8-14)22(19,20)17-11-3-5-15(13-21-2)6-4-12-18/h7-10,13,17-18H,3-6,11-12H2,1-2H3/b15-13+. The van der Waals surface area contributed by atoms with Gasteiger partial charge in [-0.05, 0) is 56.4 Å². The van der Waals surface area contributed by atoms with Crippen LogP contribution in [0.25, 0.3) is 0 Å². The highest BCUT2D eigenvalue weighted by molar-refractivity contribution is 8.01. The van der Waals surface area contributed by atoms with Gasteiger partial charge in [-0.2, -0.15) is 0 Å². The van der Waals surface area contributed by atoms with Gasteiger partial charge in [0, 0.05) is 13.2 Å². The minimum absolute atomic E-state index is 0.186. The van der Waals surface area contributed by atoms with Crippen molar-refractivity contribution in [2.75, 3.05) is 19.4 Å². The molecule has 2 N–H and O–H groups in total. The molecule has 0 aliphatic carbocycles. The fourth-order valence-corrected chi connectivity index (χ4v) is 3.68. The molecule has 124 valence electrons. The number of rotatable bonds is 10. The van der Waals surface area contributed by atoms with Crippen LogP contribution in [0.2, 0.25) is 0 Å². The predicted octanol–water partition coefficient (Wildman–Crippen LogP) is 3.07. The molecule has 0 amide bonds. The first-order chi connectivity index (χ1) is 10.5. The molecule has 0 heterocycles. The van der Waals surface area contributed by atoms with E-state index in [1.54, 1.807) is 36.0 Å². The van der Waals surface area contributed by atoms with Gasteiger partial charge in [0.25, 0.3) is 0 Å². The minimum atomic E-state index is -3.42. The van der Waals surface area contributed by atoms with E-state index < -0.39 is 10.0 Å². The summed E-state index contributed by atoms with van der Waals surface area (Å²) in [5.41, 5.74) is 2.30. The zero-order chi connectivity index (χ0) is 16.4. The van der Waals surface area contributed by atoms with E-state index in [0.717, 1.165) is 31.2 Å². The van der Waals surface area contributed by atoms with E-state index in [1.165, 1.54) is 5.57 Å². The molecule has 0 unspecified atom stereocenters. The molecular weight excluding hydrogens is 318 g/mol. The van der Waals surface area contributed by atoms with Gasteiger partial charge in [-0.3, -0.25) is 0 Å². The van der Waals surface area contributed by atoms with Gasteiger partial charge >= 0.3 is 0 Å². The lowest BCUT2D eigenvalue weighted by molar-refractivity contribution is 0.288. The Morgan fingerprint density at radius 3 is 2.45 bits per heavy atom. The molecule has 1 aromatic rings. The Morgan fingerprint density at radius 2 is 1.86 bits per heavy atom. The summed E-state index contributed by atoms with van der Waals surface area (Å²) in [5, 5.41) is 11.0. The van der Waals surface area contributed by atoms with Gasteiger partial charge in [0.2, 0.25) is 10.0 Å². The van der Waals surface area contributed by atoms with E-state index in [1.807, 2.05) is 13.2 Å². The topological polar surface area (TPSA) is 66.4 Å². The first kappa shape index (κ1) is 19.2. The normalized spacial score (nSPS) is 12.6. The number of aliphatic hydroxyl groups excluding tert-OH is 1. The van der Waals surface area contributed by atoms with E-state index >= 15 is 0 Å². The maximum absolute atomic E-state index is 12.1. The zero-order valence-corrected chi connectivity index (χ0v) is 14.8. The lowest BCUT2D eigenvalue weighted by atomic mass is 10.1. The Kier molecular flexibility index (Phi) is 8.78. The smallest absolute Gasteiger partial charge is 0.240 e. The van der Waals surface area contributed by atoms with Crippen LogP contribution in [0.1, 0.15) is 31.2 Å². The number of allylic oxidation sites excluding steroid dienone is 1. The average molecular weight is 344 g/mol. The molecular formula is C16H25NO3S2. The highest BCUT2D eigenvalue weighted by Gasteiger charge is 2.12. The van der Waals surface area contributed by atoms with Crippen LogP contribution in [-0.2, 0) is 10.0 Å². The molecule has 0 aromatic heterocycles. The van der Waals surface area contributed by atoms with E-state index in [2.05, 4.69) is 10.1 Å². The maximum atomic E-state index is 12.1. The molecule has 1 aromatic carbocycles. The number of benzene rings is 1. The van der Waals surface area contributed by atoms with Gasteiger partial charge in [0.05, 0.1) is 4.90 Å². The van der Waals surface area contributed by atoms with E-state index in [4.69, 9.17) is 5.11 Å². The van der Waals surface area contributed by atoms with Crippen molar-refractivity contribution in [2.45, 2.75) is 37.5 Å². The van der Waals surface area contributed by atoms with Crippen molar-refractivity contribution in [1.29, 1.82) is 0 Å². The fourth-order valence-electron chi connectivity index (χ4n) is 2.04. The minimum Gasteiger partial charge on any atom is -0.396 e. The summed E-state index contributed by atoms with van der Waals surface area (Å²) in [7, 11) is -3.42. The summed E-state index contributed by atoms with van der Waals surface area (Å²) in [6.07, 6.45) is 5.21. The molecule has 0 saturated carbocycles. The van der Waals surface area contributed by atoms with Crippen molar-refractivity contribution >= 4 is 21.8 Å². The fraction of sp³-hybridized carbons (Fsp3) is 0.500. The maximum Gasteiger partial charge on any atom is 0.240 e. The van der Waals surface area contributed by atoms with Crippen molar-refractivity contribution in [3.8, 4) is 0 Å². The SMILES string of the molecule is CS/C=C(/CCCO)CCCNS(=O)(=O)c1ccc(C)cc1. The quantitative estimate of drug-likeness (QED) is 0.641. The second-order valence-electron chi connectivity index (χ2n) is 5.15. The molecule has 0 atom stereocenters. The molecule has 0 spiro atoms. The van der Waals surface area contributed by atoms with Crippen LogP contribution in [0.4, 0.5) is 0 Å². The lowest BCUT2D eigenvalue weighted by Crippen LogP contribution is -2.24. The van der Waals surface area contributed by atoms with Gasteiger partial charge in [-0.1, -0.05) is 23.3 Å². The van der Waals surface area contributed by atoms with Crippen LogP contribution < -0.4 is 4.72 Å². The molecule has 0 aliphatic rings. The highest BCUT2D eigenvalue weighted by atomic mass is 32.2. The number of thioether (sulfide) groups is 1. The van der Waals surface area contributed by atoms with E-state index in [9.17, 15) is 8.42 Å². The third-order valence-corrected chi connectivity index (χ3v) is 5.28. The molecule has 0 aliphatic heterocycles. The summed E-state index contributed by atoms with van der Waals surface area (Å²) in [6.45, 7) is 2.53. The second kappa shape index (κ2) is 10.0. The predicted molar refractivity (Wildman–Crippen MR) is 93.5 cm³/mol. The van der Waals surface area contributed by atoms with Crippen LogP contribution in [0, 0.1) is 6.92 Å². The molecule has 6 heteroatoms. The first-order valence-electron chi connectivity index (χ1n) is 7.37. The second-order valence-corrected chi connectivity index (χ2v) is 7.63. The van der Waals surface area contributed by atoms with Crippen LogP contribution >= 0.6 is 11.8 Å². The van der Waals surface area contributed by atoms with Crippen molar-refractivity contribution in [1.82, 2.24) is 4.72 Å². The van der Waals surface area contributed by atoms with Crippen molar-refractivity contribution in [2.24, 2.45) is 0 Å². The molecule has 1 rings (SSSR count). The van der Waals surface area contributed by atoms with Crippen LogP contribution in [0.5, 0.6) is 0 Å². The van der Waals surface area contributed by atoms with Crippen LogP contribution in [0.15, 0.2) is 40.1 Å². The number of hydrogen-bond donors (Lipinski definition) is 2. The van der Waals surface area contributed by atoms with Gasteiger partial charge in [0.1, 0.15) is 0 Å². The largest absolute Gasteiger partial charge is 0.396 e. The van der Waals surface area contributed by atoms with Crippen LogP contribution in [0.3, 0.4) is 0 Å². The monoisotopic (exact) mass is 343 g/mol. The van der Waals surface area contributed by atoms with Crippen molar-refractivity contribution in [3.63, 3.8) is 0 Å². The number of sulfonamides is 1. The summed E-state index contributed by atoms with van der Waals surface area (Å²) in [5.74, 6) is 0.